The Morgan fingerprint density at radius 2 is 2.27 bits per heavy atom. The minimum absolute atomic E-state index is 0.136. The van der Waals surface area contributed by atoms with Crippen LogP contribution >= 0.6 is 11.3 Å². The molecule has 0 bridgehead atoms. The molecule has 1 amide bonds. The topological polar surface area (TPSA) is 63.6 Å². The number of rotatable bonds is 1. The van der Waals surface area contributed by atoms with Gasteiger partial charge in [0.05, 0.1) is 12.2 Å². The average Bonchev–Trinajstić information content (AvgIpc) is 3.03. The van der Waals surface area contributed by atoms with E-state index in [2.05, 4.69) is 10.6 Å². The third-order valence-corrected chi connectivity index (χ3v) is 5.16. The maximum absolute atomic E-state index is 11.5. The minimum atomic E-state index is 0.136. The molecule has 3 aromatic rings. The number of amides is 1. The maximum Gasteiger partial charge on any atom is 0.219 e. The molecule has 0 unspecified atom stereocenters. The smallest absolute Gasteiger partial charge is 0.219 e. The summed E-state index contributed by atoms with van der Waals surface area (Å²) in [6, 6.07) is 7.78. The standard InChI is InChI=1S/C16H16N4OS/c1-10(21)19-6-5-14-15(9-19)22-16-18-13(8-20(14)16)11-3-2-4-12(17)7-11/h2-4,7-8H,5-6,9,17H2,1H3. The normalized spacial score (nSPS) is 14.3. The molecule has 1 aromatic carbocycles. The molecule has 2 aromatic heterocycles. The van der Waals surface area contributed by atoms with Crippen molar-refractivity contribution in [2.45, 2.75) is 19.9 Å². The Bertz CT molecular complexity index is 880. The first kappa shape index (κ1) is 13.3. The molecule has 112 valence electrons. The number of nitrogen functional groups attached to an aromatic ring is 1. The van der Waals surface area contributed by atoms with Gasteiger partial charge >= 0.3 is 0 Å². The number of carbonyl (C=O) groups is 1. The van der Waals surface area contributed by atoms with Crippen molar-refractivity contribution >= 4 is 27.9 Å². The Morgan fingerprint density at radius 1 is 1.41 bits per heavy atom. The molecule has 0 spiro atoms. The largest absolute Gasteiger partial charge is 0.399 e. The number of thiazole rings is 1. The van der Waals surface area contributed by atoms with Crippen LogP contribution in [0.15, 0.2) is 30.5 Å². The zero-order chi connectivity index (χ0) is 15.3. The van der Waals surface area contributed by atoms with Gasteiger partial charge < -0.3 is 10.6 Å². The maximum atomic E-state index is 11.5. The Morgan fingerprint density at radius 3 is 3.05 bits per heavy atom. The third-order valence-electron chi connectivity index (χ3n) is 4.08. The van der Waals surface area contributed by atoms with Crippen LogP contribution in [0.3, 0.4) is 0 Å². The second kappa shape index (κ2) is 4.84. The SMILES string of the molecule is CC(=O)N1CCc2c(sc3nc(-c4cccc(N)c4)cn23)C1. The molecule has 0 radical (unpaired) electrons. The zero-order valence-electron chi connectivity index (χ0n) is 12.2. The Balaban J connectivity index is 1.75. The van der Waals surface area contributed by atoms with Crippen molar-refractivity contribution in [3.63, 3.8) is 0 Å². The van der Waals surface area contributed by atoms with Gasteiger partial charge in [0.2, 0.25) is 5.91 Å². The van der Waals surface area contributed by atoms with Gasteiger partial charge in [-0.2, -0.15) is 0 Å². The van der Waals surface area contributed by atoms with Crippen molar-refractivity contribution in [2.24, 2.45) is 0 Å². The number of anilines is 1. The Labute approximate surface area is 132 Å². The summed E-state index contributed by atoms with van der Waals surface area (Å²) in [6.07, 6.45) is 2.95. The third kappa shape index (κ3) is 2.07. The lowest BCUT2D eigenvalue weighted by Gasteiger charge is -2.25. The van der Waals surface area contributed by atoms with E-state index in [1.54, 1.807) is 18.3 Å². The summed E-state index contributed by atoms with van der Waals surface area (Å²) in [5, 5.41) is 0. The highest BCUT2D eigenvalue weighted by molar-refractivity contribution is 7.17. The van der Waals surface area contributed by atoms with Crippen LogP contribution in [0.5, 0.6) is 0 Å². The van der Waals surface area contributed by atoms with Gasteiger partial charge in [-0.05, 0) is 12.1 Å². The minimum Gasteiger partial charge on any atom is -0.399 e. The fraction of sp³-hybridized carbons (Fsp3) is 0.250. The first-order valence-electron chi connectivity index (χ1n) is 7.23. The van der Waals surface area contributed by atoms with Crippen LogP contribution < -0.4 is 5.73 Å². The molecule has 4 rings (SSSR count). The van der Waals surface area contributed by atoms with Gasteiger partial charge in [0.25, 0.3) is 0 Å². The van der Waals surface area contributed by atoms with Crippen LogP contribution in [-0.4, -0.2) is 26.7 Å². The van der Waals surface area contributed by atoms with Crippen LogP contribution in [0.2, 0.25) is 0 Å². The highest BCUT2D eigenvalue weighted by atomic mass is 32.1. The summed E-state index contributed by atoms with van der Waals surface area (Å²) in [5.41, 5.74) is 9.85. The number of nitrogens with zero attached hydrogens (tertiary/aromatic N) is 3. The fourth-order valence-electron chi connectivity index (χ4n) is 2.91. The van der Waals surface area contributed by atoms with E-state index in [1.165, 1.54) is 10.6 Å². The highest BCUT2D eigenvalue weighted by Gasteiger charge is 2.23. The van der Waals surface area contributed by atoms with Crippen LogP contribution in [0.1, 0.15) is 17.5 Å². The Hall–Kier alpha value is -2.34. The molecule has 1 aliphatic heterocycles. The lowest BCUT2D eigenvalue weighted by molar-refractivity contribution is -0.129. The quantitative estimate of drug-likeness (QED) is 0.702. The summed E-state index contributed by atoms with van der Waals surface area (Å²) in [7, 11) is 0. The number of benzene rings is 1. The van der Waals surface area contributed by atoms with Gasteiger partial charge in [0, 0.05) is 47.9 Å². The summed E-state index contributed by atoms with van der Waals surface area (Å²) in [6.45, 7) is 3.11. The monoisotopic (exact) mass is 312 g/mol. The molecule has 6 heteroatoms. The molecule has 5 nitrogen and oxygen atoms in total. The molecule has 0 saturated heterocycles. The molecule has 0 fully saturated rings. The molecule has 0 saturated carbocycles. The molecule has 1 aliphatic rings. The molecule has 22 heavy (non-hydrogen) atoms. The fourth-order valence-corrected chi connectivity index (χ4v) is 4.08. The van der Waals surface area contributed by atoms with Crippen molar-refractivity contribution in [2.75, 3.05) is 12.3 Å². The molecule has 0 aliphatic carbocycles. The zero-order valence-corrected chi connectivity index (χ0v) is 13.1. The summed E-state index contributed by atoms with van der Waals surface area (Å²) in [5.74, 6) is 0.136. The first-order chi connectivity index (χ1) is 10.6. The van der Waals surface area contributed by atoms with E-state index in [0.717, 1.165) is 34.9 Å². The molecule has 2 N–H and O–H groups in total. The van der Waals surface area contributed by atoms with Crippen LogP contribution in [0, 0.1) is 0 Å². The van der Waals surface area contributed by atoms with E-state index in [9.17, 15) is 4.79 Å². The van der Waals surface area contributed by atoms with Crippen LogP contribution in [0.4, 0.5) is 5.69 Å². The van der Waals surface area contributed by atoms with E-state index < -0.39 is 0 Å². The number of carbonyl (C=O) groups excluding carboxylic acids is 1. The first-order valence-corrected chi connectivity index (χ1v) is 8.04. The molecule has 3 heterocycles. The van der Waals surface area contributed by atoms with E-state index in [1.807, 2.05) is 29.2 Å². The number of hydrogen-bond donors (Lipinski definition) is 1. The summed E-state index contributed by atoms with van der Waals surface area (Å²) >= 11 is 1.67. The van der Waals surface area contributed by atoms with Gasteiger partial charge in [-0.15, -0.1) is 0 Å². The average molecular weight is 312 g/mol. The van der Waals surface area contributed by atoms with Crippen molar-refractivity contribution in [3.8, 4) is 11.3 Å². The number of imidazole rings is 1. The molecule has 0 atom stereocenters. The predicted octanol–water partition coefficient (Wildman–Crippen LogP) is 2.55. The van der Waals surface area contributed by atoms with Crippen LogP contribution in [-0.2, 0) is 17.8 Å². The summed E-state index contributed by atoms with van der Waals surface area (Å²) < 4.78 is 2.16. The molecular weight excluding hydrogens is 296 g/mol. The highest BCUT2D eigenvalue weighted by Crippen LogP contribution is 2.31. The second-order valence-corrected chi connectivity index (χ2v) is 6.63. The number of nitrogens with two attached hydrogens (primary N) is 1. The van der Waals surface area contributed by atoms with Crippen LogP contribution in [0.25, 0.3) is 16.2 Å². The van der Waals surface area contributed by atoms with Gasteiger partial charge in [-0.1, -0.05) is 23.5 Å². The van der Waals surface area contributed by atoms with Gasteiger partial charge in [-0.25, -0.2) is 4.98 Å². The Kier molecular flexibility index (Phi) is 2.94. The van der Waals surface area contributed by atoms with E-state index in [0.29, 0.717) is 6.54 Å². The van der Waals surface area contributed by atoms with E-state index in [-0.39, 0.29) is 5.91 Å². The van der Waals surface area contributed by atoms with Gasteiger partial charge in [0.15, 0.2) is 4.96 Å². The van der Waals surface area contributed by atoms with Crippen molar-refractivity contribution in [1.82, 2.24) is 14.3 Å². The molecular formula is C16H16N4OS. The van der Waals surface area contributed by atoms with E-state index >= 15 is 0 Å². The van der Waals surface area contributed by atoms with Crippen molar-refractivity contribution < 1.29 is 4.79 Å². The number of hydrogen-bond acceptors (Lipinski definition) is 4. The summed E-state index contributed by atoms with van der Waals surface area (Å²) in [4.78, 5) is 20.4. The lowest BCUT2D eigenvalue weighted by Crippen LogP contribution is -2.33. The lowest BCUT2D eigenvalue weighted by atomic mass is 10.1. The van der Waals surface area contributed by atoms with Gasteiger partial charge in [0.1, 0.15) is 0 Å². The van der Waals surface area contributed by atoms with E-state index in [4.69, 9.17) is 10.7 Å². The number of fused-ring (bicyclic) bond motifs is 3. The van der Waals surface area contributed by atoms with Crippen molar-refractivity contribution in [3.05, 3.63) is 41.0 Å². The number of aromatic nitrogens is 2. The van der Waals surface area contributed by atoms with Gasteiger partial charge in [-0.3, -0.25) is 9.20 Å². The predicted molar refractivity (Wildman–Crippen MR) is 87.7 cm³/mol. The second-order valence-electron chi connectivity index (χ2n) is 5.57. The van der Waals surface area contributed by atoms with Crippen molar-refractivity contribution in [1.29, 1.82) is 0 Å².